The molecule has 5 nitrogen and oxygen atoms in total. The van der Waals surface area contributed by atoms with E-state index in [1.165, 1.54) is 19.2 Å². The maximum absolute atomic E-state index is 13.6. The second-order valence-electron chi connectivity index (χ2n) is 6.09. The lowest BCUT2D eigenvalue weighted by Crippen LogP contribution is -2.42. The molecule has 0 saturated carbocycles. The van der Waals surface area contributed by atoms with Crippen molar-refractivity contribution in [1.29, 1.82) is 0 Å². The fourth-order valence-electron chi connectivity index (χ4n) is 3.20. The van der Waals surface area contributed by atoms with Crippen LogP contribution in [0.5, 0.6) is 0 Å². The molecule has 1 aromatic heterocycles. The van der Waals surface area contributed by atoms with Crippen molar-refractivity contribution in [3.63, 3.8) is 0 Å². The van der Waals surface area contributed by atoms with E-state index in [-0.39, 0.29) is 17.8 Å². The van der Waals surface area contributed by atoms with E-state index in [9.17, 15) is 14.0 Å². The van der Waals surface area contributed by atoms with Crippen LogP contribution < -0.4 is 0 Å². The van der Waals surface area contributed by atoms with Crippen molar-refractivity contribution in [2.75, 3.05) is 20.2 Å². The average molecular weight is 330 g/mol. The Morgan fingerprint density at radius 3 is 2.88 bits per heavy atom. The maximum Gasteiger partial charge on any atom is 0.310 e. The number of piperidine rings is 1. The Bertz CT molecular complexity index is 806. The molecule has 6 heteroatoms. The van der Waals surface area contributed by atoms with Crippen molar-refractivity contribution < 1.29 is 18.7 Å². The van der Waals surface area contributed by atoms with Crippen molar-refractivity contribution in [2.45, 2.75) is 19.8 Å². The SMILES string of the molecule is COC(=O)C1CCCN(C(=O)c2cc(C)nc3ccc(F)cc23)C1. The second kappa shape index (κ2) is 6.55. The average Bonchev–Trinajstić information content (AvgIpc) is 2.60. The smallest absolute Gasteiger partial charge is 0.310 e. The number of hydrogen-bond donors (Lipinski definition) is 0. The summed E-state index contributed by atoms with van der Waals surface area (Å²) < 4.78 is 18.4. The topological polar surface area (TPSA) is 59.5 Å². The number of carbonyl (C=O) groups excluding carboxylic acids is 2. The van der Waals surface area contributed by atoms with Gasteiger partial charge in [-0.15, -0.1) is 0 Å². The zero-order chi connectivity index (χ0) is 17.3. The number of ether oxygens (including phenoxy) is 1. The monoisotopic (exact) mass is 330 g/mol. The number of aromatic nitrogens is 1. The van der Waals surface area contributed by atoms with Crippen LogP contribution in [0.1, 0.15) is 28.9 Å². The van der Waals surface area contributed by atoms with Crippen molar-refractivity contribution in [1.82, 2.24) is 9.88 Å². The summed E-state index contributed by atoms with van der Waals surface area (Å²) >= 11 is 0. The molecule has 1 aliphatic rings. The molecule has 1 aliphatic heterocycles. The number of carbonyl (C=O) groups is 2. The number of fused-ring (bicyclic) bond motifs is 1. The summed E-state index contributed by atoms with van der Waals surface area (Å²) in [5, 5.41) is 0.491. The zero-order valence-corrected chi connectivity index (χ0v) is 13.7. The number of likely N-dealkylation sites (tertiary alicyclic amines) is 1. The number of esters is 1. The Hall–Kier alpha value is -2.50. The fourth-order valence-corrected chi connectivity index (χ4v) is 3.20. The van der Waals surface area contributed by atoms with E-state index in [4.69, 9.17) is 4.74 Å². The van der Waals surface area contributed by atoms with E-state index in [1.807, 2.05) is 0 Å². The molecule has 1 fully saturated rings. The van der Waals surface area contributed by atoms with Crippen LogP contribution in [0.25, 0.3) is 10.9 Å². The van der Waals surface area contributed by atoms with Crippen LogP contribution in [-0.2, 0) is 9.53 Å². The number of nitrogens with zero attached hydrogens (tertiary/aromatic N) is 2. The molecule has 0 bridgehead atoms. The summed E-state index contributed by atoms with van der Waals surface area (Å²) in [5.41, 5.74) is 1.70. The second-order valence-corrected chi connectivity index (χ2v) is 6.09. The predicted molar refractivity (Wildman–Crippen MR) is 87.1 cm³/mol. The minimum absolute atomic E-state index is 0.204. The molecule has 24 heavy (non-hydrogen) atoms. The quantitative estimate of drug-likeness (QED) is 0.795. The van der Waals surface area contributed by atoms with Gasteiger partial charge in [0.05, 0.1) is 24.1 Å². The van der Waals surface area contributed by atoms with Gasteiger partial charge in [0, 0.05) is 24.2 Å². The fraction of sp³-hybridized carbons (Fsp3) is 0.389. The highest BCUT2D eigenvalue weighted by Gasteiger charge is 2.30. The molecule has 0 radical (unpaired) electrons. The van der Waals surface area contributed by atoms with Crippen molar-refractivity contribution in [3.05, 3.63) is 41.3 Å². The molecule has 0 N–H and O–H groups in total. The summed E-state index contributed by atoms with van der Waals surface area (Å²) in [6, 6.07) is 5.90. The van der Waals surface area contributed by atoms with Crippen LogP contribution in [0.3, 0.4) is 0 Å². The van der Waals surface area contributed by atoms with Gasteiger partial charge >= 0.3 is 5.97 Å². The Morgan fingerprint density at radius 2 is 2.12 bits per heavy atom. The molecule has 126 valence electrons. The summed E-state index contributed by atoms with van der Waals surface area (Å²) in [6.45, 7) is 2.70. The highest BCUT2D eigenvalue weighted by atomic mass is 19.1. The van der Waals surface area contributed by atoms with Crippen LogP contribution in [-0.4, -0.2) is 42.0 Å². The Labute approximate surface area is 139 Å². The van der Waals surface area contributed by atoms with Crippen molar-refractivity contribution in [3.8, 4) is 0 Å². The molecule has 1 atom stereocenters. The molecule has 2 aromatic rings. The molecule has 1 amide bonds. The van der Waals surface area contributed by atoms with Gasteiger partial charge in [0.1, 0.15) is 5.82 Å². The van der Waals surface area contributed by atoms with Crippen molar-refractivity contribution >= 4 is 22.8 Å². The van der Waals surface area contributed by atoms with Gasteiger partial charge in [0.25, 0.3) is 5.91 Å². The van der Waals surface area contributed by atoms with Crippen LogP contribution in [0.15, 0.2) is 24.3 Å². The Balaban J connectivity index is 1.96. The molecule has 2 heterocycles. The van der Waals surface area contributed by atoms with Gasteiger partial charge in [0.15, 0.2) is 0 Å². The third kappa shape index (κ3) is 3.09. The van der Waals surface area contributed by atoms with Gasteiger partial charge < -0.3 is 9.64 Å². The lowest BCUT2D eigenvalue weighted by atomic mass is 9.97. The zero-order valence-electron chi connectivity index (χ0n) is 13.7. The van der Waals surface area contributed by atoms with Gasteiger partial charge in [-0.05, 0) is 44.0 Å². The molecule has 1 saturated heterocycles. The van der Waals surface area contributed by atoms with E-state index in [2.05, 4.69) is 4.98 Å². The molecule has 1 unspecified atom stereocenters. The summed E-state index contributed by atoms with van der Waals surface area (Å²) in [6.07, 6.45) is 1.45. The molecule has 0 spiro atoms. The molecule has 1 aromatic carbocycles. The number of amides is 1. The third-order valence-corrected chi connectivity index (χ3v) is 4.37. The molecular weight excluding hydrogens is 311 g/mol. The Kier molecular flexibility index (Phi) is 4.46. The van der Waals surface area contributed by atoms with Gasteiger partial charge in [-0.1, -0.05) is 0 Å². The summed E-state index contributed by atoms with van der Waals surface area (Å²) in [5.74, 6) is -1.22. The number of hydrogen-bond acceptors (Lipinski definition) is 4. The minimum atomic E-state index is -0.409. The largest absolute Gasteiger partial charge is 0.469 e. The first kappa shape index (κ1) is 16.4. The van der Waals surface area contributed by atoms with Gasteiger partial charge in [-0.3, -0.25) is 14.6 Å². The molecular formula is C18H19FN2O3. The summed E-state index contributed by atoms with van der Waals surface area (Å²) in [7, 11) is 1.35. The standard InChI is InChI=1S/C18H19FN2O3/c1-11-8-15(14-9-13(19)5-6-16(14)20-11)17(22)21-7-3-4-12(10-21)18(23)24-2/h5-6,8-9,12H,3-4,7,10H2,1-2H3. The Morgan fingerprint density at radius 1 is 1.33 bits per heavy atom. The predicted octanol–water partition coefficient (Wildman–Crippen LogP) is 2.71. The first-order chi connectivity index (χ1) is 11.5. The van der Waals surface area contributed by atoms with Crippen LogP contribution in [0, 0.1) is 18.7 Å². The highest BCUT2D eigenvalue weighted by Crippen LogP contribution is 2.24. The van der Waals surface area contributed by atoms with Crippen LogP contribution >= 0.6 is 0 Å². The number of aryl methyl sites for hydroxylation is 1. The van der Waals surface area contributed by atoms with Crippen LogP contribution in [0.4, 0.5) is 4.39 Å². The first-order valence-electron chi connectivity index (χ1n) is 7.93. The van der Waals surface area contributed by atoms with E-state index >= 15 is 0 Å². The number of methoxy groups -OCH3 is 1. The van der Waals surface area contributed by atoms with Crippen LogP contribution in [0.2, 0.25) is 0 Å². The third-order valence-electron chi connectivity index (χ3n) is 4.37. The van der Waals surface area contributed by atoms with E-state index in [0.717, 1.165) is 6.42 Å². The van der Waals surface area contributed by atoms with E-state index in [0.29, 0.717) is 41.7 Å². The van der Waals surface area contributed by atoms with E-state index in [1.54, 1.807) is 24.0 Å². The molecule has 3 rings (SSSR count). The van der Waals surface area contributed by atoms with Gasteiger partial charge in [-0.25, -0.2) is 4.39 Å². The number of rotatable bonds is 2. The van der Waals surface area contributed by atoms with Gasteiger partial charge in [0.2, 0.25) is 0 Å². The van der Waals surface area contributed by atoms with E-state index < -0.39 is 5.82 Å². The first-order valence-corrected chi connectivity index (χ1v) is 7.93. The van der Waals surface area contributed by atoms with Gasteiger partial charge in [-0.2, -0.15) is 0 Å². The number of halogens is 1. The lowest BCUT2D eigenvalue weighted by molar-refractivity contribution is -0.146. The maximum atomic E-state index is 13.6. The molecule has 0 aliphatic carbocycles. The number of pyridine rings is 1. The lowest BCUT2D eigenvalue weighted by Gasteiger charge is -2.31. The van der Waals surface area contributed by atoms with Crippen molar-refractivity contribution in [2.24, 2.45) is 5.92 Å². The number of benzene rings is 1. The summed E-state index contributed by atoms with van der Waals surface area (Å²) in [4.78, 5) is 30.7. The highest BCUT2D eigenvalue weighted by molar-refractivity contribution is 6.06. The minimum Gasteiger partial charge on any atom is -0.469 e. The normalized spacial score (nSPS) is 17.8.